The van der Waals surface area contributed by atoms with E-state index in [1.54, 1.807) is 6.07 Å². The number of hydrogen-bond donors (Lipinski definition) is 3. The number of benzene rings is 1. The quantitative estimate of drug-likeness (QED) is 0.708. The highest BCUT2D eigenvalue weighted by atomic mass is 35.5. The molecule has 18 heavy (non-hydrogen) atoms. The molecule has 0 saturated heterocycles. The summed E-state index contributed by atoms with van der Waals surface area (Å²) in [5.74, 6) is -1.07. The minimum atomic E-state index is -1.07. The fourth-order valence-electron chi connectivity index (χ4n) is 1.74. The molecular formula is C13H17ClO4. The first-order valence-corrected chi connectivity index (χ1v) is 6.18. The van der Waals surface area contributed by atoms with Crippen molar-refractivity contribution in [2.45, 2.75) is 37.9 Å². The van der Waals surface area contributed by atoms with Crippen LogP contribution in [0.5, 0.6) is 0 Å². The molecule has 4 nitrogen and oxygen atoms in total. The molecule has 0 amide bonds. The van der Waals surface area contributed by atoms with Gasteiger partial charge in [0.1, 0.15) is 0 Å². The molecule has 1 rings (SSSR count). The van der Waals surface area contributed by atoms with E-state index in [-0.39, 0.29) is 12.8 Å². The first-order valence-electron chi connectivity index (χ1n) is 5.80. The van der Waals surface area contributed by atoms with Crippen molar-refractivity contribution in [3.05, 3.63) is 34.9 Å². The molecule has 0 aliphatic heterocycles. The van der Waals surface area contributed by atoms with E-state index in [4.69, 9.17) is 16.7 Å². The second-order valence-corrected chi connectivity index (χ2v) is 4.68. The van der Waals surface area contributed by atoms with Gasteiger partial charge in [0.05, 0.1) is 18.6 Å². The van der Waals surface area contributed by atoms with Crippen LogP contribution in [0.4, 0.5) is 0 Å². The van der Waals surface area contributed by atoms with Gasteiger partial charge in [-0.05, 0) is 30.9 Å². The second-order valence-electron chi connectivity index (χ2n) is 4.27. The number of aliphatic hydroxyl groups is 2. The molecule has 2 unspecified atom stereocenters. The third-order valence-corrected chi connectivity index (χ3v) is 3.03. The van der Waals surface area contributed by atoms with E-state index in [1.165, 1.54) is 0 Å². The highest BCUT2D eigenvalue weighted by Crippen LogP contribution is 2.18. The average molecular weight is 273 g/mol. The van der Waals surface area contributed by atoms with Crippen molar-refractivity contribution in [3.8, 4) is 0 Å². The summed E-state index contributed by atoms with van der Waals surface area (Å²) in [5.41, 5.74) is 0.936. The predicted molar refractivity (Wildman–Crippen MR) is 68.7 cm³/mol. The zero-order valence-corrected chi connectivity index (χ0v) is 10.7. The molecule has 100 valence electrons. The minimum absolute atomic E-state index is 0.0662. The SMILES string of the molecule is O=C(O)CC(O)CC(O)CCc1ccccc1Cl. The fourth-order valence-corrected chi connectivity index (χ4v) is 1.97. The Morgan fingerprint density at radius 3 is 2.50 bits per heavy atom. The first-order chi connectivity index (χ1) is 8.49. The lowest BCUT2D eigenvalue weighted by Gasteiger charge is -2.14. The van der Waals surface area contributed by atoms with Crippen LogP contribution in [0.25, 0.3) is 0 Å². The highest BCUT2D eigenvalue weighted by Gasteiger charge is 2.15. The Balaban J connectivity index is 2.35. The van der Waals surface area contributed by atoms with Crippen molar-refractivity contribution in [2.75, 3.05) is 0 Å². The molecule has 0 radical (unpaired) electrons. The molecule has 0 bridgehead atoms. The summed E-state index contributed by atoms with van der Waals surface area (Å²) in [4.78, 5) is 10.4. The van der Waals surface area contributed by atoms with Crippen LogP contribution in [0.15, 0.2) is 24.3 Å². The average Bonchev–Trinajstić information content (AvgIpc) is 2.26. The Morgan fingerprint density at radius 2 is 1.89 bits per heavy atom. The van der Waals surface area contributed by atoms with Gasteiger partial charge >= 0.3 is 5.97 Å². The molecular weight excluding hydrogens is 256 g/mol. The molecule has 0 fully saturated rings. The third kappa shape index (κ3) is 5.49. The molecule has 3 N–H and O–H groups in total. The van der Waals surface area contributed by atoms with E-state index in [9.17, 15) is 15.0 Å². The Bertz CT molecular complexity index is 394. The molecule has 0 saturated carbocycles. The topological polar surface area (TPSA) is 77.8 Å². The normalized spacial score (nSPS) is 14.2. The van der Waals surface area contributed by atoms with Crippen LogP contribution in [0, 0.1) is 0 Å². The van der Waals surface area contributed by atoms with E-state index < -0.39 is 18.2 Å². The smallest absolute Gasteiger partial charge is 0.305 e. The van der Waals surface area contributed by atoms with Gasteiger partial charge in [-0.3, -0.25) is 4.79 Å². The zero-order valence-electron chi connectivity index (χ0n) is 9.92. The van der Waals surface area contributed by atoms with E-state index in [0.29, 0.717) is 17.9 Å². The maximum Gasteiger partial charge on any atom is 0.305 e. The molecule has 0 aliphatic carbocycles. The van der Waals surface area contributed by atoms with E-state index in [0.717, 1.165) is 5.56 Å². The summed E-state index contributed by atoms with van der Waals surface area (Å²) < 4.78 is 0. The van der Waals surface area contributed by atoms with Crippen LogP contribution in [0.3, 0.4) is 0 Å². The number of aryl methyl sites for hydroxylation is 1. The number of carboxylic acid groups (broad SMARTS) is 1. The standard InChI is InChI=1S/C13H17ClO4/c14-12-4-2-1-3-9(12)5-6-10(15)7-11(16)8-13(17)18/h1-4,10-11,15-16H,5-8H2,(H,17,18). The van der Waals surface area contributed by atoms with Crippen LogP contribution < -0.4 is 0 Å². The van der Waals surface area contributed by atoms with Crippen molar-refractivity contribution in [1.82, 2.24) is 0 Å². The van der Waals surface area contributed by atoms with E-state index in [1.807, 2.05) is 18.2 Å². The number of aliphatic carboxylic acids is 1. The molecule has 2 atom stereocenters. The number of aliphatic hydroxyl groups excluding tert-OH is 2. The Hall–Kier alpha value is -1.10. The number of rotatable bonds is 7. The van der Waals surface area contributed by atoms with Gasteiger partial charge in [0.25, 0.3) is 0 Å². The van der Waals surface area contributed by atoms with Crippen LogP contribution >= 0.6 is 11.6 Å². The molecule has 0 spiro atoms. The zero-order chi connectivity index (χ0) is 13.5. The van der Waals surface area contributed by atoms with Gasteiger partial charge in [-0.25, -0.2) is 0 Å². The predicted octanol–water partition coefficient (Wildman–Crippen LogP) is 1.86. The Labute approximate surface area is 111 Å². The summed E-state index contributed by atoms with van der Waals surface area (Å²) in [6.07, 6.45) is -0.972. The minimum Gasteiger partial charge on any atom is -0.481 e. The van der Waals surface area contributed by atoms with E-state index >= 15 is 0 Å². The van der Waals surface area contributed by atoms with Gasteiger partial charge in [-0.2, -0.15) is 0 Å². The molecule has 1 aromatic rings. The summed E-state index contributed by atoms with van der Waals surface area (Å²) >= 11 is 5.97. The Kier molecular flexibility index (Phi) is 6.12. The summed E-state index contributed by atoms with van der Waals surface area (Å²) in [7, 11) is 0. The van der Waals surface area contributed by atoms with Gasteiger partial charge in [0.2, 0.25) is 0 Å². The monoisotopic (exact) mass is 272 g/mol. The lowest BCUT2D eigenvalue weighted by atomic mass is 10.0. The highest BCUT2D eigenvalue weighted by molar-refractivity contribution is 6.31. The van der Waals surface area contributed by atoms with Gasteiger partial charge in [-0.15, -0.1) is 0 Å². The molecule has 0 heterocycles. The molecule has 0 aromatic heterocycles. The second kappa shape index (κ2) is 7.36. The lowest BCUT2D eigenvalue weighted by Crippen LogP contribution is -2.21. The number of carbonyl (C=O) groups is 1. The Morgan fingerprint density at radius 1 is 1.22 bits per heavy atom. The summed E-state index contributed by atoms with van der Waals surface area (Å²) in [5, 5.41) is 28.2. The van der Waals surface area contributed by atoms with Gasteiger partial charge < -0.3 is 15.3 Å². The van der Waals surface area contributed by atoms with E-state index in [2.05, 4.69) is 0 Å². The number of carboxylic acids is 1. The lowest BCUT2D eigenvalue weighted by molar-refractivity contribution is -0.139. The molecule has 0 aliphatic rings. The largest absolute Gasteiger partial charge is 0.481 e. The number of hydrogen-bond acceptors (Lipinski definition) is 3. The maximum atomic E-state index is 10.4. The van der Waals surface area contributed by atoms with Crippen molar-refractivity contribution in [3.63, 3.8) is 0 Å². The van der Waals surface area contributed by atoms with Gasteiger partial charge in [-0.1, -0.05) is 29.8 Å². The van der Waals surface area contributed by atoms with Crippen LogP contribution in [0.2, 0.25) is 5.02 Å². The molecule has 1 aromatic carbocycles. The number of halogens is 1. The van der Waals surface area contributed by atoms with Crippen molar-refractivity contribution in [1.29, 1.82) is 0 Å². The van der Waals surface area contributed by atoms with Crippen molar-refractivity contribution >= 4 is 17.6 Å². The van der Waals surface area contributed by atoms with Crippen molar-refractivity contribution in [2.24, 2.45) is 0 Å². The van der Waals surface area contributed by atoms with Gasteiger partial charge in [0, 0.05) is 5.02 Å². The van der Waals surface area contributed by atoms with Crippen LogP contribution in [-0.2, 0) is 11.2 Å². The summed E-state index contributed by atoms with van der Waals surface area (Å²) in [6.45, 7) is 0. The fraction of sp³-hybridized carbons (Fsp3) is 0.462. The first kappa shape index (κ1) is 15.0. The van der Waals surface area contributed by atoms with Crippen LogP contribution in [-0.4, -0.2) is 33.5 Å². The summed E-state index contributed by atoms with van der Waals surface area (Å²) in [6, 6.07) is 7.36. The maximum absolute atomic E-state index is 10.4. The van der Waals surface area contributed by atoms with Crippen LogP contribution in [0.1, 0.15) is 24.8 Å². The van der Waals surface area contributed by atoms with Crippen molar-refractivity contribution < 1.29 is 20.1 Å². The van der Waals surface area contributed by atoms with Gasteiger partial charge in [0.15, 0.2) is 0 Å². The third-order valence-electron chi connectivity index (χ3n) is 2.66. The molecule has 5 heteroatoms.